The number of carbonyl (C=O) groups excluding carboxylic acids is 2. The lowest BCUT2D eigenvalue weighted by molar-refractivity contribution is -0.144. The van der Waals surface area contributed by atoms with Crippen LogP contribution in [0.25, 0.3) is 0 Å². The van der Waals surface area contributed by atoms with E-state index in [0.29, 0.717) is 30.3 Å². The molecule has 0 saturated carbocycles. The van der Waals surface area contributed by atoms with Gasteiger partial charge in [-0.15, -0.1) is 0 Å². The average molecular weight is 318 g/mol. The fourth-order valence-electron chi connectivity index (χ4n) is 2.35. The van der Waals surface area contributed by atoms with Gasteiger partial charge in [-0.25, -0.2) is 0 Å². The van der Waals surface area contributed by atoms with E-state index in [1.807, 2.05) is 4.90 Å². The lowest BCUT2D eigenvalue weighted by Crippen LogP contribution is -2.42. The predicted molar refractivity (Wildman–Crippen MR) is 86.2 cm³/mol. The second kappa shape index (κ2) is 8.22. The van der Waals surface area contributed by atoms with Crippen molar-refractivity contribution < 1.29 is 19.1 Å². The van der Waals surface area contributed by atoms with Crippen LogP contribution >= 0.6 is 0 Å². The highest BCUT2D eigenvalue weighted by Crippen LogP contribution is 2.14. The van der Waals surface area contributed by atoms with Crippen molar-refractivity contribution in [1.82, 2.24) is 10.2 Å². The van der Waals surface area contributed by atoms with Gasteiger partial charge in [0, 0.05) is 24.7 Å². The number of nitrogens with zero attached hydrogens (tertiary/aromatic N) is 1. The van der Waals surface area contributed by atoms with Gasteiger partial charge in [0.05, 0.1) is 13.7 Å². The first kappa shape index (κ1) is 16.9. The first-order chi connectivity index (χ1) is 11.1. The van der Waals surface area contributed by atoms with E-state index < -0.39 is 0 Å². The maximum atomic E-state index is 12.4. The Bertz CT molecular complexity index is 581. The zero-order valence-electron chi connectivity index (χ0n) is 13.5. The quantitative estimate of drug-likeness (QED) is 0.488. The van der Waals surface area contributed by atoms with Crippen molar-refractivity contribution in [3.05, 3.63) is 41.7 Å². The molecule has 124 valence electrons. The Morgan fingerprint density at radius 1 is 1.30 bits per heavy atom. The van der Waals surface area contributed by atoms with E-state index in [0.717, 1.165) is 13.0 Å². The molecule has 6 nitrogen and oxygen atoms in total. The molecule has 1 N–H and O–H groups in total. The standard InChI is InChI=1S/C17H22N2O4/c1-3-23-17(21)12-19-10-4-9-18-16(19)11-15(20)13-5-7-14(22-2)8-6-13/h5-8,11,18H,3-4,9-10,12H2,1-2H3/b16-11+. The normalized spacial score (nSPS) is 15.9. The third kappa shape index (κ3) is 4.74. The molecule has 2 rings (SSSR count). The Morgan fingerprint density at radius 3 is 2.70 bits per heavy atom. The van der Waals surface area contributed by atoms with Crippen LogP contribution in [-0.4, -0.2) is 50.0 Å². The Balaban J connectivity index is 2.09. The smallest absolute Gasteiger partial charge is 0.325 e. The summed E-state index contributed by atoms with van der Waals surface area (Å²) in [7, 11) is 1.58. The zero-order valence-corrected chi connectivity index (χ0v) is 13.5. The average Bonchev–Trinajstić information content (AvgIpc) is 2.57. The second-order valence-corrected chi connectivity index (χ2v) is 5.13. The molecule has 1 aliphatic rings. The highest BCUT2D eigenvalue weighted by atomic mass is 16.5. The molecule has 0 amide bonds. The highest BCUT2D eigenvalue weighted by molar-refractivity contribution is 6.04. The maximum Gasteiger partial charge on any atom is 0.325 e. The molecule has 0 radical (unpaired) electrons. The molecule has 1 aromatic carbocycles. The van der Waals surface area contributed by atoms with Crippen LogP contribution in [0.2, 0.25) is 0 Å². The topological polar surface area (TPSA) is 67.9 Å². The van der Waals surface area contributed by atoms with E-state index in [-0.39, 0.29) is 18.3 Å². The molecule has 0 aliphatic carbocycles. The number of carbonyl (C=O) groups is 2. The van der Waals surface area contributed by atoms with Crippen LogP contribution in [0.4, 0.5) is 0 Å². The van der Waals surface area contributed by atoms with Crippen LogP contribution in [0, 0.1) is 0 Å². The molecule has 0 unspecified atom stereocenters. The van der Waals surface area contributed by atoms with Gasteiger partial charge in [0.15, 0.2) is 5.78 Å². The van der Waals surface area contributed by atoms with Crippen molar-refractivity contribution in [1.29, 1.82) is 0 Å². The van der Waals surface area contributed by atoms with Gasteiger partial charge in [0.1, 0.15) is 18.1 Å². The minimum Gasteiger partial charge on any atom is -0.497 e. The molecule has 0 spiro atoms. The van der Waals surface area contributed by atoms with Crippen LogP contribution in [0.15, 0.2) is 36.2 Å². The molecule has 0 bridgehead atoms. The van der Waals surface area contributed by atoms with E-state index >= 15 is 0 Å². The van der Waals surface area contributed by atoms with E-state index in [2.05, 4.69) is 5.32 Å². The number of ether oxygens (including phenoxy) is 2. The number of hydrogen-bond donors (Lipinski definition) is 1. The van der Waals surface area contributed by atoms with Crippen LogP contribution < -0.4 is 10.1 Å². The van der Waals surface area contributed by atoms with Gasteiger partial charge in [0.25, 0.3) is 0 Å². The minimum absolute atomic E-state index is 0.120. The molecular weight excluding hydrogens is 296 g/mol. The van der Waals surface area contributed by atoms with Gasteiger partial charge in [-0.3, -0.25) is 9.59 Å². The third-order valence-electron chi connectivity index (χ3n) is 3.52. The monoisotopic (exact) mass is 318 g/mol. The van der Waals surface area contributed by atoms with Crippen molar-refractivity contribution in [2.45, 2.75) is 13.3 Å². The van der Waals surface area contributed by atoms with E-state index in [9.17, 15) is 9.59 Å². The summed E-state index contributed by atoms with van der Waals surface area (Å²) >= 11 is 0. The van der Waals surface area contributed by atoms with Crippen LogP contribution in [0.5, 0.6) is 5.75 Å². The van der Waals surface area contributed by atoms with E-state index in [4.69, 9.17) is 9.47 Å². The molecule has 6 heteroatoms. The SMILES string of the molecule is CCOC(=O)CN1CCCN/C1=C\C(=O)c1ccc(OC)cc1. The summed E-state index contributed by atoms with van der Waals surface area (Å²) in [4.78, 5) is 25.9. The lowest BCUT2D eigenvalue weighted by Gasteiger charge is -2.31. The molecule has 1 heterocycles. The number of esters is 1. The summed E-state index contributed by atoms with van der Waals surface area (Å²) in [6.45, 7) is 3.76. The molecule has 1 fully saturated rings. The highest BCUT2D eigenvalue weighted by Gasteiger charge is 2.19. The number of rotatable bonds is 6. The van der Waals surface area contributed by atoms with E-state index in [1.165, 1.54) is 6.08 Å². The second-order valence-electron chi connectivity index (χ2n) is 5.13. The largest absolute Gasteiger partial charge is 0.497 e. The van der Waals surface area contributed by atoms with Gasteiger partial charge in [-0.2, -0.15) is 0 Å². The first-order valence-electron chi connectivity index (χ1n) is 7.68. The number of methoxy groups -OCH3 is 1. The summed E-state index contributed by atoms with van der Waals surface area (Å²) in [5.74, 6) is 0.948. The van der Waals surface area contributed by atoms with Crippen LogP contribution in [-0.2, 0) is 9.53 Å². The number of hydrogen-bond acceptors (Lipinski definition) is 6. The predicted octanol–water partition coefficient (Wildman–Crippen LogP) is 1.58. The Labute approximate surface area is 136 Å². The number of benzene rings is 1. The van der Waals surface area contributed by atoms with Crippen molar-refractivity contribution in [3.63, 3.8) is 0 Å². The molecule has 0 aromatic heterocycles. The molecule has 1 aliphatic heterocycles. The van der Waals surface area contributed by atoms with Crippen molar-refractivity contribution in [2.75, 3.05) is 33.4 Å². The van der Waals surface area contributed by atoms with Crippen LogP contribution in [0.1, 0.15) is 23.7 Å². The molecular formula is C17H22N2O4. The van der Waals surface area contributed by atoms with E-state index in [1.54, 1.807) is 38.3 Å². The summed E-state index contributed by atoms with van der Waals surface area (Å²) < 4.78 is 10.1. The summed E-state index contributed by atoms with van der Waals surface area (Å²) in [5, 5.41) is 3.17. The van der Waals surface area contributed by atoms with Crippen LogP contribution in [0.3, 0.4) is 0 Å². The number of ketones is 1. The van der Waals surface area contributed by atoms with Crippen molar-refractivity contribution in [2.24, 2.45) is 0 Å². The first-order valence-corrected chi connectivity index (χ1v) is 7.68. The zero-order chi connectivity index (χ0) is 16.7. The molecule has 1 saturated heterocycles. The Morgan fingerprint density at radius 2 is 2.04 bits per heavy atom. The molecule has 1 aromatic rings. The molecule has 23 heavy (non-hydrogen) atoms. The fraction of sp³-hybridized carbons (Fsp3) is 0.412. The van der Waals surface area contributed by atoms with Gasteiger partial charge in [-0.05, 0) is 37.6 Å². The maximum absolute atomic E-state index is 12.4. The number of nitrogens with one attached hydrogen (secondary N) is 1. The molecule has 0 atom stereocenters. The van der Waals surface area contributed by atoms with Gasteiger partial charge in [-0.1, -0.05) is 0 Å². The minimum atomic E-state index is -0.293. The van der Waals surface area contributed by atoms with Gasteiger partial charge in [0.2, 0.25) is 0 Å². The fourth-order valence-corrected chi connectivity index (χ4v) is 2.35. The summed E-state index contributed by atoms with van der Waals surface area (Å²) in [6, 6.07) is 6.93. The van der Waals surface area contributed by atoms with Crippen molar-refractivity contribution >= 4 is 11.8 Å². The summed E-state index contributed by atoms with van der Waals surface area (Å²) in [5.41, 5.74) is 0.571. The van der Waals surface area contributed by atoms with Gasteiger partial charge >= 0.3 is 5.97 Å². The summed E-state index contributed by atoms with van der Waals surface area (Å²) in [6.07, 6.45) is 2.44. The lowest BCUT2D eigenvalue weighted by atomic mass is 10.1. The Kier molecular flexibility index (Phi) is 6.02. The third-order valence-corrected chi connectivity index (χ3v) is 3.52. The number of allylic oxidation sites excluding steroid dienone is 1. The van der Waals surface area contributed by atoms with Crippen molar-refractivity contribution in [3.8, 4) is 5.75 Å². The Hall–Kier alpha value is -2.50. The van der Waals surface area contributed by atoms with Gasteiger partial charge < -0.3 is 19.7 Å².